The number of benzene rings is 3. The molecule has 43 heavy (non-hydrogen) atoms. The number of pyridine rings is 1. The van der Waals surface area contributed by atoms with E-state index in [-0.39, 0.29) is 40.4 Å². The van der Waals surface area contributed by atoms with Gasteiger partial charge in [0.2, 0.25) is 0 Å². The van der Waals surface area contributed by atoms with Gasteiger partial charge in [-0.05, 0) is 36.2 Å². The molecule has 4 aromatic rings. The van der Waals surface area contributed by atoms with Crippen LogP contribution in [-0.2, 0) is 12.6 Å². The van der Waals surface area contributed by atoms with E-state index >= 15 is 8.78 Å². The molecule has 0 fully saturated rings. The second kappa shape index (κ2) is 11.2. The minimum atomic E-state index is -4.94. The number of nitrogens with zero attached hydrogens (tertiary/aromatic N) is 2. The van der Waals surface area contributed by atoms with Crippen molar-refractivity contribution in [2.24, 2.45) is 5.73 Å². The van der Waals surface area contributed by atoms with Crippen LogP contribution < -0.4 is 20.9 Å². The fourth-order valence-corrected chi connectivity index (χ4v) is 5.71. The maximum atomic E-state index is 15.6. The maximum absolute atomic E-state index is 15.6. The lowest BCUT2D eigenvalue weighted by atomic mass is 9.91. The van der Waals surface area contributed by atoms with E-state index in [0.29, 0.717) is 5.56 Å². The predicted molar refractivity (Wildman–Crippen MR) is 149 cm³/mol. The largest absolute Gasteiger partial charge is 0.494 e. The average molecular weight is 600 g/mol. The molecule has 1 aliphatic heterocycles. The number of hydrogen-bond donors (Lipinski definition) is 2. The molecule has 7 nitrogen and oxygen atoms in total. The summed E-state index contributed by atoms with van der Waals surface area (Å²) in [6.45, 7) is 1.03. The van der Waals surface area contributed by atoms with Crippen LogP contribution in [0.4, 0.5) is 32.6 Å². The van der Waals surface area contributed by atoms with Gasteiger partial charge in [0, 0.05) is 23.1 Å². The van der Waals surface area contributed by atoms with Gasteiger partial charge >= 0.3 is 12.3 Å². The van der Waals surface area contributed by atoms with E-state index in [4.69, 9.17) is 10.5 Å². The summed E-state index contributed by atoms with van der Waals surface area (Å²) >= 11 is 0. The number of carboxylic acid groups (broad SMARTS) is 1. The molecule has 1 aliphatic rings. The lowest BCUT2D eigenvalue weighted by Crippen LogP contribution is -2.33. The molecule has 5 rings (SSSR count). The SMILES string of the molecule is COc1cccc(-c2c(C)c(Cc3c(F)cccc3C(F)(F)F)c3n(c2=O)C(C(N)c2ccccc2)CN3C(=O)O)c1F. The molecule has 2 atom stereocenters. The molecule has 0 bridgehead atoms. The van der Waals surface area contributed by atoms with Crippen molar-refractivity contribution in [2.75, 3.05) is 18.6 Å². The fourth-order valence-electron chi connectivity index (χ4n) is 5.71. The molecule has 2 heterocycles. The Balaban J connectivity index is 1.87. The van der Waals surface area contributed by atoms with E-state index in [1.54, 1.807) is 30.3 Å². The Hall–Kier alpha value is -4.71. The third-order valence-corrected chi connectivity index (χ3v) is 7.78. The van der Waals surface area contributed by atoms with Crippen LogP contribution >= 0.6 is 0 Å². The van der Waals surface area contributed by atoms with E-state index in [9.17, 15) is 27.9 Å². The number of rotatable bonds is 6. The van der Waals surface area contributed by atoms with Crippen LogP contribution in [0.15, 0.2) is 71.5 Å². The molecule has 0 radical (unpaired) electrons. The smallest absolute Gasteiger partial charge is 0.416 e. The quantitative estimate of drug-likeness (QED) is 0.248. The van der Waals surface area contributed by atoms with Crippen LogP contribution in [0.2, 0.25) is 0 Å². The van der Waals surface area contributed by atoms with Gasteiger partial charge in [-0.3, -0.25) is 14.3 Å². The van der Waals surface area contributed by atoms with Gasteiger partial charge in [-0.25, -0.2) is 13.6 Å². The first kappa shape index (κ1) is 29.8. The highest BCUT2D eigenvalue weighted by Gasteiger charge is 2.42. The number of aromatic nitrogens is 1. The monoisotopic (exact) mass is 599 g/mol. The van der Waals surface area contributed by atoms with E-state index < -0.39 is 59.1 Å². The normalized spacial score (nSPS) is 15.3. The Morgan fingerprint density at radius 1 is 1.05 bits per heavy atom. The molecule has 3 N–H and O–H groups in total. The molecule has 0 saturated heterocycles. The number of methoxy groups -OCH3 is 1. The summed E-state index contributed by atoms with van der Waals surface area (Å²) in [6, 6.07) is 13.1. The molecule has 3 aromatic carbocycles. The van der Waals surface area contributed by atoms with E-state index in [2.05, 4.69) is 0 Å². The molecule has 0 spiro atoms. The first-order valence-corrected chi connectivity index (χ1v) is 13.1. The Morgan fingerprint density at radius 3 is 2.35 bits per heavy atom. The van der Waals surface area contributed by atoms with Crippen molar-refractivity contribution in [3.8, 4) is 16.9 Å². The van der Waals surface area contributed by atoms with Crippen LogP contribution in [0.25, 0.3) is 11.1 Å². The predicted octanol–water partition coefficient (Wildman–Crippen LogP) is 6.46. The molecule has 1 amide bonds. The summed E-state index contributed by atoms with van der Waals surface area (Å²) in [5.74, 6) is -2.53. The van der Waals surface area contributed by atoms with Crippen molar-refractivity contribution >= 4 is 11.9 Å². The number of ether oxygens (including phenoxy) is 1. The number of anilines is 1. The van der Waals surface area contributed by atoms with Crippen molar-refractivity contribution in [3.63, 3.8) is 0 Å². The summed E-state index contributed by atoms with van der Waals surface area (Å²) in [6.07, 6.45) is -7.19. The van der Waals surface area contributed by atoms with Crippen molar-refractivity contribution in [1.29, 1.82) is 0 Å². The van der Waals surface area contributed by atoms with Crippen LogP contribution in [0.3, 0.4) is 0 Å². The number of fused-ring (bicyclic) bond motifs is 1. The number of halogens is 5. The first-order chi connectivity index (χ1) is 20.4. The van der Waals surface area contributed by atoms with Gasteiger partial charge in [-0.15, -0.1) is 0 Å². The Morgan fingerprint density at radius 2 is 1.72 bits per heavy atom. The summed E-state index contributed by atoms with van der Waals surface area (Å²) < 4.78 is 78.9. The highest BCUT2D eigenvalue weighted by molar-refractivity contribution is 5.89. The highest BCUT2D eigenvalue weighted by atomic mass is 19.4. The molecule has 224 valence electrons. The van der Waals surface area contributed by atoms with Crippen molar-refractivity contribution in [1.82, 2.24) is 4.57 Å². The van der Waals surface area contributed by atoms with Crippen LogP contribution in [0, 0.1) is 18.6 Å². The minimum Gasteiger partial charge on any atom is -0.494 e. The van der Waals surface area contributed by atoms with Gasteiger partial charge in [0.25, 0.3) is 5.56 Å². The van der Waals surface area contributed by atoms with Gasteiger partial charge in [-0.1, -0.05) is 48.5 Å². The van der Waals surface area contributed by atoms with Gasteiger partial charge in [0.1, 0.15) is 11.6 Å². The summed E-state index contributed by atoms with van der Waals surface area (Å²) in [7, 11) is 1.23. The number of nitrogens with two attached hydrogens (primary N) is 1. The second-order valence-electron chi connectivity index (χ2n) is 10.1. The molecular weight excluding hydrogens is 573 g/mol. The first-order valence-electron chi connectivity index (χ1n) is 13.1. The van der Waals surface area contributed by atoms with Crippen LogP contribution in [0.5, 0.6) is 5.75 Å². The van der Waals surface area contributed by atoms with Gasteiger partial charge in [-0.2, -0.15) is 13.2 Å². The topological polar surface area (TPSA) is 97.8 Å². The Bertz CT molecular complexity index is 1770. The maximum Gasteiger partial charge on any atom is 0.416 e. The van der Waals surface area contributed by atoms with Crippen molar-refractivity contribution in [2.45, 2.75) is 31.6 Å². The lowest BCUT2D eigenvalue weighted by molar-refractivity contribution is -0.138. The molecule has 0 saturated carbocycles. The summed E-state index contributed by atoms with van der Waals surface area (Å²) in [5, 5.41) is 10.2. The van der Waals surface area contributed by atoms with Crippen molar-refractivity contribution < 1.29 is 36.6 Å². The van der Waals surface area contributed by atoms with Gasteiger partial charge in [0.15, 0.2) is 11.6 Å². The van der Waals surface area contributed by atoms with E-state index in [0.717, 1.165) is 27.7 Å². The zero-order valence-electron chi connectivity index (χ0n) is 23.0. The fraction of sp³-hybridized carbons (Fsp3) is 0.226. The zero-order chi connectivity index (χ0) is 31.2. The Labute approximate surface area is 242 Å². The third-order valence-electron chi connectivity index (χ3n) is 7.78. The standard InChI is InChI=1S/C31H26F5N3O4/c1-16-19(14-20-21(31(34,35)36)11-7-12-22(20)32)28-38(30(41)42)15-23(27(37)17-8-4-3-5-9-17)39(28)29(40)25(16)18-10-6-13-24(43-2)26(18)33/h3-13,23,27H,14-15,37H2,1-2H3,(H,41,42). The van der Waals surface area contributed by atoms with Crippen LogP contribution in [-0.4, -0.2) is 29.4 Å². The molecule has 12 heteroatoms. The molecule has 2 unspecified atom stereocenters. The zero-order valence-corrected chi connectivity index (χ0v) is 23.0. The molecular formula is C31H26F5N3O4. The number of carbonyl (C=O) groups is 1. The van der Waals surface area contributed by atoms with Gasteiger partial charge in [0.05, 0.1) is 36.9 Å². The molecule has 0 aliphatic carbocycles. The van der Waals surface area contributed by atoms with Crippen LogP contribution in [0.1, 0.15) is 39.9 Å². The molecule has 1 aromatic heterocycles. The number of alkyl halides is 3. The highest BCUT2D eigenvalue weighted by Crippen LogP contribution is 2.43. The van der Waals surface area contributed by atoms with Crippen molar-refractivity contribution in [3.05, 3.63) is 117 Å². The average Bonchev–Trinajstić information content (AvgIpc) is 3.37. The third kappa shape index (κ3) is 5.11. The number of hydrogen-bond acceptors (Lipinski definition) is 4. The van der Waals surface area contributed by atoms with Gasteiger partial charge < -0.3 is 15.6 Å². The van der Waals surface area contributed by atoms with E-state index in [1.165, 1.54) is 32.2 Å². The Kier molecular flexibility index (Phi) is 7.74. The number of amides is 1. The summed E-state index contributed by atoms with van der Waals surface area (Å²) in [4.78, 5) is 27.6. The second-order valence-corrected chi connectivity index (χ2v) is 10.1. The lowest BCUT2D eigenvalue weighted by Gasteiger charge is -2.25. The minimum absolute atomic E-state index is 0.0139. The van der Waals surface area contributed by atoms with E-state index in [1.807, 2.05) is 0 Å². The summed E-state index contributed by atoms with van der Waals surface area (Å²) in [5.41, 5.74) is 3.74.